The monoisotopic (exact) mass is 1110 g/mol. The number of unbranched alkanes of at least 4 members (excludes halogenated alkanes) is 29. The molecule has 80 heavy (non-hydrogen) atoms. The minimum Gasteiger partial charge on any atom is -0.462 e. The van der Waals surface area contributed by atoms with Crippen LogP contribution in [0, 0.1) is 0 Å². The molecule has 0 fully saturated rings. The molecule has 6 heteroatoms. The van der Waals surface area contributed by atoms with Crippen LogP contribution in [0.3, 0.4) is 0 Å². The van der Waals surface area contributed by atoms with Gasteiger partial charge < -0.3 is 14.2 Å². The molecule has 0 aromatic carbocycles. The second-order valence-electron chi connectivity index (χ2n) is 22.0. The molecule has 0 aromatic rings. The van der Waals surface area contributed by atoms with E-state index in [0.29, 0.717) is 19.3 Å². The van der Waals surface area contributed by atoms with Crippen LogP contribution in [-0.4, -0.2) is 37.2 Å². The van der Waals surface area contributed by atoms with Crippen LogP contribution in [0.5, 0.6) is 0 Å². The Hall–Kier alpha value is -4.19. The fourth-order valence-electron chi connectivity index (χ4n) is 9.29. The van der Waals surface area contributed by atoms with Crippen LogP contribution in [-0.2, 0) is 28.6 Å². The summed E-state index contributed by atoms with van der Waals surface area (Å²) >= 11 is 0. The molecule has 0 aliphatic rings. The first kappa shape index (κ1) is 75.8. The van der Waals surface area contributed by atoms with E-state index in [4.69, 9.17) is 14.2 Å². The smallest absolute Gasteiger partial charge is 0.306 e. The van der Waals surface area contributed by atoms with Crippen LogP contribution in [0.1, 0.15) is 310 Å². The number of carbonyl (C=O) groups is 3. The summed E-state index contributed by atoms with van der Waals surface area (Å²) in [6.07, 6.45) is 93.7. The Morgan fingerprint density at radius 3 is 0.812 bits per heavy atom. The first-order valence-corrected chi connectivity index (χ1v) is 33.5. The molecule has 0 heterocycles. The quantitative estimate of drug-likeness (QED) is 0.0261. The molecule has 0 saturated heterocycles. The Bertz CT molecular complexity index is 1650. The van der Waals surface area contributed by atoms with E-state index in [1.165, 1.54) is 148 Å². The number of carbonyl (C=O) groups excluding carboxylic acids is 3. The predicted octanol–water partition coefficient (Wildman–Crippen LogP) is 23.2. The number of esters is 3. The van der Waals surface area contributed by atoms with E-state index in [-0.39, 0.29) is 31.6 Å². The van der Waals surface area contributed by atoms with E-state index < -0.39 is 12.1 Å². The molecule has 456 valence electrons. The highest BCUT2D eigenvalue weighted by Gasteiger charge is 2.19. The third-order valence-electron chi connectivity index (χ3n) is 14.2. The van der Waals surface area contributed by atoms with Crippen molar-refractivity contribution >= 4 is 17.9 Å². The van der Waals surface area contributed by atoms with E-state index in [0.717, 1.165) is 116 Å². The van der Waals surface area contributed by atoms with Gasteiger partial charge in [-0.1, -0.05) is 316 Å². The molecule has 0 radical (unpaired) electrons. The van der Waals surface area contributed by atoms with Crippen molar-refractivity contribution in [2.45, 2.75) is 316 Å². The Balaban J connectivity index is 4.45. The van der Waals surface area contributed by atoms with Gasteiger partial charge in [0.1, 0.15) is 13.2 Å². The van der Waals surface area contributed by atoms with Crippen LogP contribution in [0.4, 0.5) is 0 Å². The topological polar surface area (TPSA) is 78.9 Å². The van der Waals surface area contributed by atoms with Gasteiger partial charge in [0.05, 0.1) is 0 Å². The molecule has 6 nitrogen and oxygen atoms in total. The van der Waals surface area contributed by atoms with Crippen molar-refractivity contribution in [2.24, 2.45) is 0 Å². The normalized spacial score (nSPS) is 12.9. The lowest BCUT2D eigenvalue weighted by atomic mass is 10.0. The summed E-state index contributed by atoms with van der Waals surface area (Å²) < 4.78 is 16.9. The van der Waals surface area contributed by atoms with Crippen molar-refractivity contribution in [3.8, 4) is 0 Å². The molecular weight excluding hydrogens is 985 g/mol. The first-order valence-electron chi connectivity index (χ1n) is 33.5. The van der Waals surface area contributed by atoms with Gasteiger partial charge in [-0.05, 0) is 96.3 Å². The van der Waals surface area contributed by atoms with E-state index in [9.17, 15) is 14.4 Å². The van der Waals surface area contributed by atoms with E-state index in [1.807, 2.05) is 6.08 Å². The predicted molar refractivity (Wildman–Crippen MR) is 348 cm³/mol. The molecule has 0 N–H and O–H groups in total. The molecule has 0 saturated carbocycles. The number of rotatable bonds is 60. The highest BCUT2D eigenvalue weighted by Crippen LogP contribution is 2.17. The molecule has 0 aliphatic carbocycles. The zero-order valence-electron chi connectivity index (χ0n) is 52.3. The summed E-state index contributed by atoms with van der Waals surface area (Å²) in [5.74, 6) is -1.00. The minimum atomic E-state index is -0.829. The highest BCUT2D eigenvalue weighted by atomic mass is 16.6. The summed E-state index contributed by atoms with van der Waals surface area (Å²) in [4.78, 5) is 38.4. The minimum absolute atomic E-state index is 0.113. The fraction of sp³-hybridized carbons (Fsp3) is 0.689. The lowest BCUT2D eigenvalue weighted by Crippen LogP contribution is -2.30. The van der Waals surface area contributed by atoms with Crippen LogP contribution in [0.15, 0.2) is 122 Å². The van der Waals surface area contributed by atoms with Crippen LogP contribution >= 0.6 is 0 Å². The highest BCUT2D eigenvalue weighted by molar-refractivity contribution is 5.71. The van der Waals surface area contributed by atoms with Gasteiger partial charge in [-0.15, -0.1) is 0 Å². The van der Waals surface area contributed by atoms with Crippen LogP contribution in [0.2, 0.25) is 0 Å². The molecule has 0 aromatic heterocycles. The zero-order valence-corrected chi connectivity index (χ0v) is 52.3. The van der Waals surface area contributed by atoms with Gasteiger partial charge in [0.2, 0.25) is 0 Å². The van der Waals surface area contributed by atoms with Gasteiger partial charge in [-0.3, -0.25) is 14.4 Å². The maximum atomic E-state index is 12.9. The maximum absolute atomic E-state index is 12.9. The Labute approximate surface area is 494 Å². The number of hydrogen-bond donors (Lipinski definition) is 0. The van der Waals surface area contributed by atoms with Crippen molar-refractivity contribution < 1.29 is 28.6 Å². The van der Waals surface area contributed by atoms with E-state index >= 15 is 0 Å². The van der Waals surface area contributed by atoms with Crippen molar-refractivity contribution in [1.82, 2.24) is 0 Å². The number of ether oxygens (including phenoxy) is 3. The third-order valence-corrected chi connectivity index (χ3v) is 14.2. The lowest BCUT2D eigenvalue weighted by molar-refractivity contribution is -0.166. The van der Waals surface area contributed by atoms with Gasteiger partial charge >= 0.3 is 17.9 Å². The van der Waals surface area contributed by atoms with Gasteiger partial charge in [-0.2, -0.15) is 0 Å². The Kier molecular flexibility index (Phi) is 63.8. The molecule has 0 rings (SSSR count). The third kappa shape index (κ3) is 64.6. The molecule has 1 atom stereocenters. The summed E-state index contributed by atoms with van der Waals surface area (Å²) in [6.45, 7) is 6.37. The standard InChI is InChI=1S/C74H124O6/c1-4-7-10-13-16-19-22-25-28-31-34-35-36-37-38-41-43-46-49-52-55-58-61-64-67-73(76)79-70-71(80-74(77)68-65-62-59-56-53-50-47-44-40-33-30-27-24-21-18-15-12-9-6-3)69-78-72(75)66-63-60-57-54-51-48-45-42-39-32-29-26-23-20-17-14-11-8-5-2/h8-9,11-12,17-18,20-21,26-27,29-30,39-40,42,44,50,53,59,62,71H,4-7,10,13-16,19,22-25,28,31-38,41,43,45-49,51-52,54-58,60-61,63-70H2,1-3H3/b11-8-,12-9-,20-17-,21-18-,29-26-,30-27-,42-39-,44-40-,53-50-,62-59-. The average Bonchev–Trinajstić information content (AvgIpc) is 3.46. The van der Waals surface area contributed by atoms with Gasteiger partial charge in [-0.25, -0.2) is 0 Å². The molecule has 0 bridgehead atoms. The van der Waals surface area contributed by atoms with Gasteiger partial charge in [0.15, 0.2) is 6.10 Å². The zero-order chi connectivity index (χ0) is 57.8. The van der Waals surface area contributed by atoms with E-state index in [1.54, 1.807) is 0 Å². The second-order valence-corrected chi connectivity index (χ2v) is 22.0. The lowest BCUT2D eigenvalue weighted by Gasteiger charge is -2.18. The molecule has 1 unspecified atom stereocenters. The first-order chi connectivity index (χ1) is 39.5. The van der Waals surface area contributed by atoms with Gasteiger partial charge in [0.25, 0.3) is 0 Å². The van der Waals surface area contributed by atoms with Crippen LogP contribution < -0.4 is 0 Å². The molecule has 0 amide bonds. The largest absolute Gasteiger partial charge is 0.462 e. The molecule has 0 spiro atoms. The Morgan fingerprint density at radius 2 is 0.512 bits per heavy atom. The number of allylic oxidation sites excluding steroid dienone is 20. The fourth-order valence-corrected chi connectivity index (χ4v) is 9.29. The average molecular weight is 1110 g/mol. The van der Waals surface area contributed by atoms with Gasteiger partial charge in [0, 0.05) is 19.3 Å². The summed E-state index contributed by atoms with van der Waals surface area (Å²) in [7, 11) is 0. The second kappa shape index (κ2) is 67.3. The molecular formula is C74H124O6. The van der Waals surface area contributed by atoms with Crippen molar-refractivity contribution in [3.63, 3.8) is 0 Å². The van der Waals surface area contributed by atoms with Crippen LogP contribution in [0.25, 0.3) is 0 Å². The number of hydrogen-bond acceptors (Lipinski definition) is 6. The maximum Gasteiger partial charge on any atom is 0.306 e. The van der Waals surface area contributed by atoms with Crippen molar-refractivity contribution in [1.29, 1.82) is 0 Å². The summed E-state index contributed by atoms with van der Waals surface area (Å²) in [5.41, 5.74) is 0. The summed E-state index contributed by atoms with van der Waals surface area (Å²) in [6, 6.07) is 0. The van der Waals surface area contributed by atoms with Crippen molar-refractivity contribution in [2.75, 3.05) is 13.2 Å². The molecule has 0 aliphatic heterocycles. The van der Waals surface area contributed by atoms with Crippen molar-refractivity contribution in [3.05, 3.63) is 122 Å². The Morgan fingerprint density at radius 1 is 0.263 bits per heavy atom. The SMILES string of the molecule is CC/C=C\C/C=C\C/C=C\C/C=C\C/C=C\C/C=C\CCC(=O)OC(COC(=O)CCCCCCCC/C=C\C/C=C\C/C=C\C/C=C\CC)COC(=O)CCCCCCCCCCCCCCCCCCCCCCCCCC. The van der Waals surface area contributed by atoms with E-state index in [2.05, 4.69) is 136 Å². The summed E-state index contributed by atoms with van der Waals surface area (Å²) in [5, 5.41) is 0.